The van der Waals surface area contributed by atoms with E-state index in [1.54, 1.807) is 4.90 Å². The fourth-order valence-corrected chi connectivity index (χ4v) is 3.03. The topological polar surface area (TPSA) is 40.5 Å². The SMILES string of the molecule is CCCCCCCCCCCCCCCC(=O)N(CC)CCO. The minimum absolute atomic E-state index is 0.0676. The lowest BCUT2D eigenvalue weighted by molar-refractivity contribution is -0.131. The summed E-state index contributed by atoms with van der Waals surface area (Å²) in [5, 5.41) is 8.91. The summed E-state index contributed by atoms with van der Waals surface area (Å²) in [5.74, 6) is 0.199. The van der Waals surface area contributed by atoms with Gasteiger partial charge in [0.05, 0.1) is 6.61 Å². The van der Waals surface area contributed by atoms with Gasteiger partial charge < -0.3 is 10.0 Å². The molecule has 1 N–H and O–H groups in total. The largest absolute Gasteiger partial charge is 0.395 e. The van der Waals surface area contributed by atoms with E-state index >= 15 is 0 Å². The van der Waals surface area contributed by atoms with Gasteiger partial charge in [-0.15, -0.1) is 0 Å². The van der Waals surface area contributed by atoms with E-state index in [4.69, 9.17) is 5.11 Å². The maximum absolute atomic E-state index is 11.9. The van der Waals surface area contributed by atoms with Gasteiger partial charge in [-0.1, -0.05) is 84.0 Å². The molecule has 0 spiro atoms. The van der Waals surface area contributed by atoms with Crippen molar-refractivity contribution in [2.75, 3.05) is 19.7 Å². The van der Waals surface area contributed by atoms with Gasteiger partial charge in [-0.25, -0.2) is 0 Å². The summed E-state index contributed by atoms with van der Waals surface area (Å²) >= 11 is 0. The first kappa shape index (κ1) is 22.4. The normalized spacial score (nSPS) is 10.9. The molecule has 0 saturated heterocycles. The van der Waals surface area contributed by atoms with E-state index in [-0.39, 0.29) is 12.5 Å². The quantitative estimate of drug-likeness (QED) is 0.368. The molecular weight excluding hydrogens is 286 g/mol. The Labute approximate surface area is 144 Å². The van der Waals surface area contributed by atoms with Crippen LogP contribution >= 0.6 is 0 Å². The van der Waals surface area contributed by atoms with Crippen LogP contribution in [0.5, 0.6) is 0 Å². The Morgan fingerprint density at radius 1 is 0.739 bits per heavy atom. The van der Waals surface area contributed by atoms with E-state index in [1.807, 2.05) is 6.92 Å². The third-order valence-electron chi connectivity index (χ3n) is 4.60. The second kappa shape index (κ2) is 17.8. The van der Waals surface area contributed by atoms with E-state index in [9.17, 15) is 4.79 Å². The van der Waals surface area contributed by atoms with Crippen LogP contribution in [-0.4, -0.2) is 35.6 Å². The summed E-state index contributed by atoms with van der Waals surface area (Å²) < 4.78 is 0. The minimum Gasteiger partial charge on any atom is -0.395 e. The number of likely N-dealkylation sites (N-methyl/N-ethyl adjacent to an activating group) is 1. The van der Waals surface area contributed by atoms with Crippen LogP contribution in [0, 0.1) is 0 Å². The maximum atomic E-state index is 11.9. The second-order valence-corrected chi connectivity index (χ2v) is 6.69. The van der Waals surface area contributed by atoms with E-state index in [2.05, 4.69) is 6.92 Å². The summed E-state index contributed by atoms with van der Waals surface area (Å²) in [6, 6.07) is 0. The van der Waals surface area contributed by atoms with E-state index in [0.717, 1.165) is 6.42 Å². The number of unbranched alkanes of at least 4 members (excludes halogenated alkanes) is 12. The van der Waals surface area contributed by atoms with Gasteiger partial charge >= 0.3 is 0 Å². The van der Waals surface area contributed by atoms with Gasteiger partial charge in [0.15, 0.2) is 0 Å². The van der Waals surface area contributed by atoms with Crippen molar-refractivity contribution in [1.29, 1.82) is 0 Å². The molecule has 0 heterocycles. The molecule has 3 nitrogen and oxygen atoms in total. The number of amides is 1. The first-order valence-corrected chi connectivity index (χ1v) is 10.1. The van der Waals surface area contributed by atoms with Crippen molar-refractivity contribution in [3.05, 3.63) is 0 Å². The van der Waals surface area contributed by atoms with Crippen molar-refractivity contribution >= 4 is 5.91 Å². The summed E-state index contributed by atoms with van der Waals surface area (Å²) in [5.41, 5.74) is 0. The lowest BCUT2D eigenvalue weighted by Crippen LogP contribution is -2.33. The van der Waals surface area contributed by atoms with Crippen molar-refractivity contribution in [2.45, 2.75) is 104 Å². The Balaban J connectivity index is 3.25. The number of aliphatic hydroxyl groups excluding tert-OH is 1. The molecule has 0 bridgehead atoms. The molecule has 0 radical (unpaired) electrons. The number of nitrogens with zero attached hydrogens (tertiary/aromatic N) is 1. The summed E-state index contributed by atoms with van der Waals surface area (Å²) in [4.78, 5) is 13.6. The molecule has 0 fully saturated rings. The number of hydrogen-bond donors (Lipinski definition) is 1. The standard InChI is InChI=1S/C20H41NO2/c1-3-5-6-7-8-9-10-11-12-13-14-15-16-17-20(23)21(4-2)18-19-22/h22H,3-19H2,1-2H3. The van der Waals surface area contributed by atoms with Gasteiger partial charge in [0.25, 0.3) is 0 Å². The first-order chi connectivity index (χ1) is 11.3. The van der Waals surface area contributed by atoms with Crippen LogP contribution in [0.25, 0.3) is 0 Å². The van der Waals surface area contributed by atoms with Crippen LogP contribution in [0.1, 0.15) is 104 Å². The lowest BCUT2D eigenvalue weighted by atomic mass is 10.0. The van der Waals surface area contributed by atoms with Crippen molar-refractivity contribution in [2.24, 2.45) is 0 Å². The van der Waals surface area contributed by atoms with Crippen molar-refractivity contribution < 1.29 is 9.90 Å². The maximum Gasteiger partial charge on any atom is 0.222 e. The average molecular weight is 328 g/mol. The van der Waals surface area contributed by atoms with Crippen LogP contribution in [0.2, 0.25) is 0 Å². The van der Waals surface area contributed by atoms with Crippen LogP contribution in [0.3, 0.4) is 0 Å². The molecule has 0 aliphatic heterocycles. The molecule has 0 aromatic carbocycles. The molecule has 0 aliphatic rings. The third-order valence-corrected chi connectivity index (χ3v) is 4.60. The Morgan fingerprint density at radius 2 is 1.17 bits per heavy atom. The molecular formula is C20H41NO2. The smallest absolute Gasteiger partial charge is 0.222 e. The van der Waals surface area contributed by atoms with Crippen LogP contribution < -0.4 is 0 Å². The van der Waals surface area contributed by atoms with Crippen molar-refractivity contribution in [1.82, 2.24) is 4.90 Å². The number of carbonyl (C=O) groups excluding carboxylic acids is 1. The molecule has 138 valence electrons. The number of hydrogen-bond acceptors (Lipinski definition) is 2. The Bertz CT molecular complexity index is 256. The fraction of sp³-hybridized carbons (Fsp3) is 0.950. The highest BCUT2D eigenvalue weighted by Crippen LogP contribution is 2.13. The molecule has 0 saturated carbocycles. The van der Waals surface area contributed by atoms with Crippen LogP contribution in [0.15, 0.2) is 0 Å². The Kier molecular flexibility index (Phi) is 17.3. The minimum atomic E-state index is 0.0676. The molecule has 1 amide bonds. The Morgan fingerprint density at radius 3 is 1.57 bits per heavy atom. The lowest BCUT2D eigenvalue weighted by Gasteiger charge is -2.19. The number of aliphatic hydroxyl groups is 1. The molecule has 0 rings (SSSR count). The van der Waals surface area contributed by atoms with Gasteiger partial charge in [0.2, 0.25) is 5.91 Å². The van der Waals surface area contributed by atoms with E-state index in [1.165, 1.54) is 77.0 Å². The first-order valence-electron chi connectivity index (χ1n) is 10.1. The van der Waals surface area contributed by atoms with Gasteiger partial charge in [0, 0.05) is 19.5 Å². The average Bonchev–Trinajstić information content (AvgIpc) is 2.56. The predicted molar refractivity (Wildman–Crippen MR) is 99.7 cm³/mol. The molecule has 0 atom stereocenters. The van der Waals surface area contributed by atoms with Crippen molar-refractivity contribution in [3.8, 4) is 0 Å². The van der Waals surface area contributed by atoms with Crippen molar-refractivity contribution in [3.63, 3.8) is 0 Å². The molecule has 0 aromatic heterocycles. The summed E-state index contributed by atoms with van der Waals surface area (Å²) in [7, 11) is 0. The summed E-state index contributed by atoms with van der Waals surface area (Å²) in [6.45, 7) is 5.49. The highest BCUT2D eigenvalue weighted by molar-refractivity contribution is 5.76. The summed E-state index contributed by atoms with van der Waals surface area (Å²) in [6.07, 6.45) is 17.9. The van der Waals surface area contributed by atoms with Crippen LogP contribution in [-0.2, 0) is 4.79 Å². The zero-order valence-corrected chi connectivity index (χ0v) is 15.8. The number of carbonyl (C=O) groups is 1. The van der Waals surface area contributed by atoms with E-state index < -0.39 is 0 Å². The van der Waals surface area contributed by atoms with Gasteiger partial charge in [0.1, 0.15) is 0 Å². The molecule has 0 aromatic rings. The second-order valence-electron chi connectivity index (χ2n) is 6.69. The zero-order valence-electron chi connectivity index (χ0n) is 15.8. The monoisotopic (exact) mass is 327 g/mol. The van der Waals surface area contributed by atoms with Gasteiger partial charge in [-0.3, -0.25) is 4.79 Å². The molecule has 0 unspecified atom stereocenters. The third kappa shape index (κ3) is 14.7. The highest BCUT2D eigenvalue weighted by atomic mass is 16.3. The van der Waals surface area contributed by atoms with Crippen LogP contribution in [0.4, 0.5) is 0 Å². The van der Waals surface area contributed by atoms with Gasteiger partial charge in [-0.2, -0.15) is 0 Å². The molecule has 0 aliphatic carbocycles. The number of rotatable bonds is 17. The predicted octanol–water partition coefficient (Wildman–Crippen LogP) is 5.31. The van der Waals surface area contributed by atoms with E-state index in [0.29, 0.717) is 19.5 Å². The molecule has 23 heavy (non-hydrogen) atoms. The Hall–Kier alpha value is -0.570. The molecule has 3 heteroatoms. The zero-order chi connectivity index (χ0) is 17.2. The fourth-order valence-electron chi connectivity index (χ4n) is 3.03. The highest BCUT2D eigenvalue weighted by Gasteiger charge is 2.09. The van der Waals surface area contributed by atoms with Gasteiger partial charge in [-0.05, 0) is 13.3 Å².